The van der Waals surface area contributed by atoms with Gasteiger partial charge >= 0.3 is 0 Å². The maximum Gasteiger partial charge on any atom is 0.123 e. The second-order valence-electron chi connectivity index (χ2n) is 4.69. The summed E-state index contributed by atoms with van der Waals surface area (Å²) in [6.45, 7) is 2.22. The molecule has 0 aromatic heterocycles. The lowest BCUT2D eigenvalue weighted by Crippen LogP contribution is -2.24. The lowest BCUT2D eigenvalue weighted by atomic mass is 10.0. The van der Waals surface area contributed by atoms with Gasteiger partial charge in [-0.15, -0.1) is 0 Å². The standard InChI is InChI=1S/C14H20FN/c1-2-3-7-13-8-9-14(16-13)11-5-4-6-12(15)10-11/h4-6,10,13-14,16H,2-3,7-9H2,1H3. The Morgan fingerprint density at radius 3 is 3.00 bits per heavy atom. The molecule has 0 saturated carbocycles. The first-order valence-corrected chi connectivity index (χ1v) is 6.31. The summed E-state index contributed by atoms with van der Waals surface area (Å²) in [5.74, 6) is -0.128. The molecular weight excluding hydrogens is 201 g/mol. The van der Waals surface area contributed by atoms with Gasteiger partial charge < -0.3 is 5.32 Å². The minimum absolute atomic E-state index is 0.128. The fourth-order valence-electron chi connectivity index (χ4n) is 2.48. The Morgan fingerprint density at radius 1 is 1.38 bits per heavy atom. The molecule has 16 heavy (non-hydrogen) atoms. The summed E-state index contributed by atoms with van der Waals surface area (Å²) in [6.07, 6.45) is 6.15. The number of nitrogens with one attached hydrogen (secondary N) is 1. The molecule has 1 aromatic rings. The third-order valence-corrected chi connectivity index (χ3v) is 3.40. The van der Waals surface area contributed by atoms with Gasteiger partial charge in [0.05, 0.1) is 0 Å². The third-order valence-electron chi connectivity index (χ3n) is 3.40. The van der Waals surface area contributed by atoms with E-state index < -0.39 is 0 Å². The lowest BCUT2D eigenvalue weighted by Gasteiger charge is -2.14. The van der Waals surface area contributed by atoms with Gasteiger partial charge in [-0.3, -0.25) is 0 Å². The van der Waals surface area contributed by atoms with Crippen molar-refractivity contribution in [1.29, 1.82) is 0 Å². The van der Waals surface area contributed by atoms with Crippen molar-refractivity contribution >= 4 is 0 Å². The van der Waals surface area contributed by atoms with E-state index in [4.69, 9.17) is 0 Å². The van der Waals surface area contributed by atoms with Crippen LogP contribution in [0.3, 0.4) is 0 Å². The van der Waals surface area contributed by atoms with Crippen molar-refractivity contribution < 1.29 is 4.39 Å². The summed E-state index contributed by atoms with van der Waals surface area (Å²) >= 11 is 0. The minimum Gasteiger partial charge on any atom is -0.307 e. The van der Waals surface area contributed by atoms with Gasteiger partial charge in [-0.25, -0.2) is 4.39 Å². The van der Waals surface area contributed by atoms with Crippen LogP contribution in [0.25, 0.3) is 0 Å². The molecule has 1 N–H and O–H groups in total. The molecule has 1 aliphatic rings. The summed E-state index contributed by atoms with van der Waals surface area (Å²) < 4.78 is 13.1. The first-order chi connectivity index (χ1) is 7.79. The van der Waals surface area contributed by atoms with Crippen LogP contribution >= 0.6 is 0 Å². The summed E-state index contributed by atoms with van der Waals surface area (Å²) in [6, 6.07) is 7.97. The van der Waals surface area contributed by atoms with E-state index in [1.54, 1.807) is 12.1 Å². The number of hydrogen-bond donors (Lipinski definition) is 1. The van der Waals surface area contributed by atoms with E-state index in [9.17, 15) is 4.39 Å². The molecule has 2 rings (SSSR count). The molecule has 2 atom stereocenters. The highest BCUT2D eigenvalue weighted by Crippen LogP contribution is 2.28. The van der Waals surface area contributed by atoms with E-state index >= 15 is 0 Å². The van der Waals surface area contributed by atoms with E-state index in [0.717, 1.165) is 12.0 Å². The molecule has 2 unspecified atom stereocenters. The van der Waals surface area contributed by atoms with Crippen molar-refractivity contribution in [2.75, 3.05) is 0 Å². The summed E-state index contributed by atoms with van der Waals surface area (Å²) in [7, 11) is 0. The van der Waals surface area contributed by atoms with Gasteiger partial charge in [0.25, 0.3) is 0 Å². The highest BCUT2D eigenvalue weighted by Gasteiger charge is 2.24. The Morgan fingerprint density at radius 2 is 2.25 bits per heavy atom. The molecule has 0 radical (unpaired) electrons. The predicted octanol–water partition coefficient (Wildman–Crippen LogP) is 3.81. The number of halogens is 1. The van der Waals surface area contributed by atoms with Gasteiger partial charge in [0.15, 0.2) is 0 Å². The van der Waals surface area contributed by atoms with E-state index in [-0.39, 0.29) is 5.82 Å². The maximum atomic E-state index is 13.1. The molecule has 0 aliphatic carbocycles. The molecule has 2 heteroatoms. The SMILES string of the molecule is CCCCC1CCC(c2cccc(F)c2)N1. The summed E-state index contributed by atoms with van der Waals surface area (Å²) in [4.78, 5) is 0. The monoisotopic (exact) mass is 221 g/mol. The van der Waals surface area contributed by atoms with Gasteiger partial charge in [-0.1, -0.05) is 31.9 Å². The average molecular weight is 221 g/mol. The maximum absolute atomic E-state index is 13.1. The Hall–Kier alpha value is -0.890. The van der Waals surface area contributed by atoms with Crippen LogP contribution in [0.15, 0.2) is 24.3 Å². The van der Waals surface area contributed by atoms with Crippen LogP contribution in [-0.4, -0.2) is 6.04 Å². The van der Waals surface area contributed by atoms with Crippen molar-refractivity contribution in [3.05, 3.63) is 35.6 Å². The minimum atomic E-state index is -0.128. The molecule has 1 heterocycles. The number of rotatable bonds is 4. The Labute approximate surface area is 97.1 Å². The summed E-state index contributed by atoms with van der Waals surface area (Å²) in [5.41, 5.74) is 1.10. The molecule has 1 nitrogen and oxygen atoms in total. The topological polar surface area (TPSA) is 12.0 Å². The quantitative estimate of drug-likeness (QED) is 0.815. The van der Waals surface area contributed by atoms with Crippen molar-refractivity contribution in [3.63, 3.8) is 0 Å². The van der Waals surface area contributed by atoms with Crippen LogP contribution in [0.4, 0.5) is 4.39 Å². The van der Waals surface area contributed by atoms with Crippen molar-refractivity contribution in [2.24, 2.45) is 0 Å². The summed E-state index contributed by atoms with van der Waals surface area (Å²) in [5, 5.41) is 3.60. The second-order valence-corrected chi connectivity index (χ2v) is 4.69. The van der Waals surface area contributed by atoms with Gasteiger partial charge in [0.1, 0.15) is 5.82 Å². The molecule has 0 spiro atoms. The van der Waals surface area contributed by atoms with Crippen molar-refractivity contribution in [3.8, 4) is 0 Å². The van der Waals surface area contributed by atoms with Crippen LogP contribution in [0.1, 0.15) is 50.6 Å². The lowest BCUT2D eigenvalue weighted by molar-refractivity contribution is 0.500. The first-order valence-electron chi connectivity index (χ1n) is 6.31. The fraction of sp³-hybridized carbons (Fsp3) is 0.571. The van der Waals surface area contributed by atoms with Crippen LogP contribution in [0, 0.1) is 5.82 Å². The zero-order chi connectivity index (χ0) is 11.4. The number of unbranched alkanes of at least 4 members (excludes halogenated alkanes) is 1. The van der Waals surface area contributed by atoms with Crippen molar-refractivity contribution in [1.82, 2.24) is 5.32 Å². The normalized spacial score (nSPS) is 24.9. The van der Waals surface area contributed by atoms with Crippen LogP contribution in [0.5, 0.6) is 0 Å². The highest BCUT2D eigenvalue weighted by molar-refractivity contribution is 5.21. The predicted molar refractivity (Wildman–Crippen MR) is 64.8 cm³/mol. The molecule has 1 aromatic carbocycles. The van der Waals surface area contributed by atoms with E-state index in [2.05, 4.69) is 12.2 Å². The first kappa shape index (κ1) is 11.6. The Kier molecular flexibility index (Phi) is 3.94. The number of hydrogen-bond acceptors (Lipinski definition) is 1. The van der Waals surface area contributed by atoms with Crippen LogP contribution < -0.4 is 5.32 Å². The smallest absolute Gasteiger partial charge is 0.123 e. The fourth-order valence-corrected chi connectivity index (χ4v) is 2.48. The number of benzene rings is 1. The zero-order valence-electron chi connectivity index (χ0n) is 9.88. The molecule has 1 aliphatic heterocycles. The van der Waals surface area contributed by atoms with Gasteiger partial charge in [-0.05, 0) is 37.0 Å². The van der Waals surface area contributed by atoms with Crippen LogP contribution in [-0.2, 0) is 0 Å². The van der Waals surface area contributed by atoms with E-state index in [1.165, 1.54) is 31.7 Å². The average Bonchev–Trinajstić information content (AvgIpc) is 2.75. The second kappa shape index (κ2) is 5.44. The van der Waals surface area contributed by atoms with Gasteiger partial charge in [0, 0.05) is 12.1 Å². The molecule has 88 valence electrons. The van der Waals surface area contributed by atoms with E-state index in [0.29, 0.717) is 12.1 Å². The van der Waals surface area contributed by atoms with Gasteiger partial charge in [-0.2, -0.15) is 0 Å². The zero-order valence-corrected chi connectivity index (χ0v) is 9.88. The van der Waals surface area contributed by atoms with Crippen molar-refractivity contribution in [2.45, 2.75) is 51.1 Å². The Bertz CT molecular complexity index is 337. The molecule has 0 amide bonds. The third kappa shape index (κ3) is 2.82. The molecule has 0 bridgehead atoms. The van der Waals surface area contributed by atoms with Gasteiger partial charge in [0.2, 0.25) is 0 Å². The molecule has 1 saturated heterocycles. The van der Waals surface area contributed by atoms with E-state index in [1.807, 2.05) is 6.07 Å². The highest BCUT2D eigenvalue weighted by atomic mass is 19.1. The molecular formula is C14H20FN. The Balaban J connectivity index is 1.93. The molecule has 1 fully saturated rings. The largest absolute Gasteiger partial charge is 0.307 e. The van der Waals surface area contributed by atoms with Crippen LogP contribution in [0.2, 0.25) is 0 Å².